The molecule has 15 heavy (non-hydrogen) atoms. The third kappa shape index (κ3) is 3.83. The van der Waals surface area contributed by atoms with E-state index in [-0.39, 0.29) is 5.41 Å². The van der Waals surface area contributed by atoms with Crippen LogP contribution >= 0.6 is 0 Å². The van der Waals surface area contributed by atoms with Gasteiger partial charge in [0.05, 0.1) is 0 Å². The van der Waals surface area contributed by atoms with Crippen LogP contribution in [0.15, 0.2) is 12.4 Å². The van der Waals surface area contributed by atoms with Gasteiger partial charge in [0.15, 0.2) is 0 Å². The van der Waals surface area contributed by atoms with Crippen molar-refractivity contribution in [2.45, 2.75) is 26.2 Å². The van der Waals surface area contributed by atoms with E-state index in [2.05, 4.69) is 41.4 Å². The summed E-state index contributed by atoms with van der Waals surface area (Å²) in [6.07, 6.45) is 3.77. The van der Waals surface area contributed by atoms with Gasteiger partial charge in [0.1, 0.15) is 0 Å². The number of nitrogens with one attached hydrogen (secondary N) is 2. The van der Waals surface area contributed by atoms with Crippen molar-refractivity contribution in [3.8, 4) is 0 Å². The van der Waals surface area contributed by atoms with Crippen LogP contribution in [0.25, 0.3) is 0 Å². The Hall–Kier alpha value is -1.16. The lowest BCUT2D eigenvalue weighted by atomic mass is 9.89. The van der Waals surface area contributed by atoms with Gasteiger partial charge in [-0.2, -0.15) is 0 Å². The molecule has 0 radical (unpaired) electrons. The molecule has 0 unspecified atom stereocenters. The highest BCUT2D eigenvalue weighted by molar-refractivity contribution is 5.27. The second-order valence-electron chi connectivity index (χ2n) is 4.58. The Kier molecular flexibility index (Phi) is 4.03. The summed E-state index contributed by atoms with van der Waals surface area (Å²) in [5.74, 6) is 0.693. The lowest BCUT2D eigenvalue weighted by molar-refractivity contribution is 0.584. The van der Waals surface area contributed by atoms with Gasteiger partial charge in [0.25, 0.3) is 0 Å². The van der Waals surface area contributed by atoms with E-state index in [1.165, 1.54) is 0 Å². The number of aromatic nitrogens is 2. The summed E-state index contributed by atoms with van der Waals surface area (Å²) in [6.45, 7) is 8.20. The van der Waals surface area contributed by atoms with Crippen LogP contribution < -0.4 is 10.6 Å². The average Bonchev–Trinajstić information content (AvgIpc) is 2.18. The standard InChI is InChI=1S/C11H20N4/c1-11(2,3)9-7-14-10(15-8-9)13-6-5-12-4/h7-8,12H,5-6H2,1-4H3,(H,13,14,15). The average molecular weight is 208 g/mol. The maximum absolute atomic E-state index is 4.27. The molecule has 0 aliphatic rings. The van der Waals surface area contributed by atoms with Crippen LogP contribution in [0.3, 0.4) is 0 Å². The van der Waals surface area contributed by atoms with Gasteiger partial charge >= 0.3 is 0 Å². The number of rotatable bonds is 4. The maximum Gasteiger partial charge on any atom is 0.222 e. The summed E-state index contributed by atoms with van der Waals surface area (Å²) in [4.78, 5) is 8.53. The van der Waals surface area contributed by atoms with Gasteiger partial charge in [-0.1, -0.05) is 20.8 Å². The first-order chi connectivity index (χ1) is 7.04. The smallest absolute Gasteiger partial charge is 0.222 e. The Morgan fingerprint density at radius 1 is 1.13 bits per heavy atom. The molecular weight excluding hydrogens is 188 g/mol. The van der Waals surface area contributed by atoms with Crippen molar-refractivity contribution in [3.63, 3.8) is 0 Å². The molecule has 0 aliphatic heterocycles. The minimum Gasteiger partial charge on any atom is -0.353 e. The molecule has 0 saturated heterocycles. The van der Waals surface area contributed by atoms with Crippen LogP contribution in [-0.4, -0.2) is 30.1 Å². The number of hydrogen-bond acceptors (Lipinski definition) is 4. The van der Waals surface area contributed by atoms with Crippen LogP contribution in [0.1, 0.15) is 26.3 Å². The van der Waals surface area contributed by atoms with E-state index in [0.717, 1.165) is 18.7 Å². The maximum atomic E-state index is 4.27. The molecule has 1 rings (SSSR count). The summed E-state index contributed by atoms with van der Waals surface area (Å²) in [7, 11) is 1.92. The largest absolute Gasteiger partial charge is 0.353 e. The second kappa shape index (κ2) is 5.07. The van der Waals surface area contributed by atoms with E-state index in [9.17, 15) is 0 Å². The first-order valence-electron chi connectivity index (χ1n) is 5.25. The summed E-state index contributed by atoms with van der Waals surface area (Å²) in [5, 5.41) is 6.20. The highest BCUT2D eigenvalue weighted by Crippen LogP contribution is 2.20. The van der Waals surface area contributed by atoms with Crippen molar-refractivity contribution in [1.29, 1.82) is 0 Å². The normalized spacial score (nSPS) is 11.5. The Morgan fingerprint density at radius 3 is 2.20 bits per heavy atom. The number of likely N-dealkylation sites (N-methyl/N-ethyl adjacent to an activating group) is 1. The van der Waals surface area contributed by atoms with E-state index >= 15 is 0 Å². The molecule has 0 atom stereocenters. The zero-order chi connectivity index (χ0) is 11.3. The van der Waals surface area contributed by atoms with E-state index in [1.54, 1.807) is 0 Å². The van der Waals surface area contributed by atoms with Gasteiger partial charge in [-0.25, -0.2) is 9.97 Å². The molecule has 0 aromatic carbocycles. The SMILES string of the molecule is CNCCNc1ncc(C(C)(C)C)cn1. The Bertz CT molecular complexity index is 286. The van der Waals surface area contributed by atoms with Gasteiger partial charge in [-0.05, 0) is 18.0 Å². The monoisotopic (exact) mass is 208 g/mol. The molecular formula is C11H20N4. The van der Waals surface area contributed by atoms with Crippen LogP contribution in [0.4, 0.5) is 5.95 Å². The summed E-state index contributed by atoms with van der Waals surface area (Å²) in [5.41, 5.74) is 1.27. The quantitative estimate of drug-likeness (QED) is 0.734. The molecule has 4 nitrogen and oxygen atoms in total. The third-order valence-electron chi connectivity index (χ3n) is 2.18. The molecule has 0 fully saturated rings. The molecule has 4 heteroatoms. The zero-order valence-corrected chi connectivity index (χ0v) is 9.96. The van der Waals surface area contributed by atoms with Gasteiger partial charge in [-0.15, -0.1) is 0 Å². The van der Waals surface area contributed by atoms with Gasteiger partial charge < -0.3 is 10.6 Å². The van der Waals surface area contributed by atoms with Crippen molar-refractivity contribution in [1.82, 2.24) is 15.3 Å². The van der Waals surface area contributed by atoms with Crippen LogP contribution in [0.2, 0.25) is 0 Å². The second-order valence-corrected chi connectivity index (χ2v) is 4.58. The lowest BCUT2D eigenvalue weighted by Gasteiger charge is -2.17. The summed E-state index contributed by atoms with van der Waals surface area (Å²) >= 11 is 0. The number of hydrogen-bond donors (Lipinski definition) is 2. The molecule has 0 spiro atoms. The Balaban J connectivity index is 2.57. The molecule has 0 aliphatic carbocycles. The van der Waals surface area contributed by atoms with Crippen molar-refractivity contribution in [2.24, 2.45) is 0 Å². The van der Waals surface area contributed by atoms with E-state index in [0.29, 0.717) is 5.95 Å². The molecule has 0 amide bonds. The van der Waals surface area contributed by atoms with Crippen LogP contribution in [0, 0.1) is 0 Å². The summed E-state index contributed by atoms with van der Waals surface area (Å²) in [6, 6.07) is 0. The topological polar surface area (TPSA) is 49.8 Å². The summed E-state index contributed by atoms with van der Waals surface area (Å²) < 4.78 is 0. The highest BCUT2D eigenvalue weighted by atomic mass is 15.1. The van der Waals surface area contributed by atoms with Crippen LogP contribution in [0.5, 0.6) is 0 Å². The molecule has 0 bridgehead atoms. The van der Waals surface area contributed by atoms with E-state index < -0.39 is 0 Å². The van der Waals surface area contributed by atoms with Gasteiger partial charge in [0.2, 0.25) is 5.95 Å². The highest BCUT2D eigenvalue weighted by Gasteiger charge is 2.14. The molecule has 1 heterocycles. The molecule has 84 valence electrons. The minimum atomic E-state index is 0.115. The Morgan fingerprint density at radius 2 is 1.73 bits per heavy atom. The molecule has 1 aromatic heterocycles. The fourth-order valence-electron chi connectivity index (χ4n) is 1.11. The van der Waals surface area contributed by atoms with Crippen molar-refractivity contribution in [2.75, 3.05) is 25.5 Å². The number of nitrogens with zero attached hydrogens (tertiary/aromatic N) is 2. The van der Waals surface area contributed by atoms with Gasteiger partial charge in [-0.3, -0.25) is 0 Å². The first-order valence-corrected chi connectivity index (χ1v) is 5.25. The predicted molar refractivity (Wildman–Crippen MR) is 63.1 cm³/mol. The van der Waals surface area contributed by atoms with Crippen molar-refractivity contribution < 1.29 is 0 Å². The first kappa shape index (κ1) is 11.9. The van der Waals surface area contributed by atoms with E-state index in [1.807, 2.05) is 19.4 Å². The van der Waals surface area contributed by atoms with Crippen LogP contribution in [-0.2, 0) is 5.41 Å². The fraction of sp³-hybridized carbons (Fsp3) is 0.636. The van der Waals surface area contributed by atoms with E-state index in [4.69, 9.17) is 0 Å². The molecule has 1 aromatic rings. The predicted octanol–water partition coefficient (Wildman–Crippen LogP) is 1.41. The lowest BCUT2D eigenvalue weighted by Crippen LogP contribution is -2.19. The third-order valence-corrected chi connectivity index (χ3v) is 2.18. The minimum absolute atomic E-state index is 0.115. The van der Waals surface area contributed by atoms with Crippen molar-refractivity contribution >= 4 is 5.95 Å². The molecule has 0 saturated carbocycles. The zero-order valence-electron chi connectivity index (χ0n) is 9.96. The fourth-order valence-corrected chi connectivity index (χ4v) is 1.11. The number of anilines is 1. The van der Waals surface area contributed by atoms with Crippen molar-refractivity contribution in [3.05, 3.63) is 18.0 Å². The molecule has 2 N–H and O–H groups in total. The Labute approximate surface area is 91.5 Å². The van der Waals surface area contributed by atoms with Gasteiger partial charge in [0, 0.05) is 25.5 Å².